The van der Waals surface area contributed by atoms with Crippen molar-refractivity contribution in [1.82, 2.24) is 20.1 Å². The molecule has 0 unspecified atom stereocenters. The summed E-state index contributed by atoms with van der Waals surface area (Å²) < 4.78 is 15.1. The van der Waals surface area contributed by atoms with Crippen molar-refractivity contribution in [2.45, 2.75) is 26.8 Å². The van der Waals surface area contributed by atoms with Crippen molar-refractivity contribution >= 4 is 5.91 Å². The number of amides is 1. The highest BCUT2D eigenvalue weighted by atomic mass is 19.1. The molecular weight excluding hydrogens is 331 g/mol. The highest BCUT2D eigenvalue weighted by Gasteiger charge is 2.18. The molecule has 5 nitrogen and oxygen atoms in total. The Bertz CT molecular complexity index is 890. The van der Waals surface area contributed by atoms with Gasteiger partial charge < -0.3 is 5.32 Å². The number of aromatic nitrogens is 3. The maximum absolute atomic E-state index is 13.5. The summed E-state index contributed by atoms with van der Waals surface area (Å²) in [5.74, 6) is -0.190. The summed E-state index contributed by atoms with van der Waals surface area (Å²) in [5.41, 5.74) is 2.77. The largest absolute Gasteiger partial charge is 0.348 e. The molecule has 0 saturated carbocycles. The smallest absolute Gasteiger partial charge is 0.255 e. The van der Waals surface area contributed by atoms with Crippen LogP contribution in [0, 0.1) is 11.7 Å². The minimum absolute atomic E-state index is 0.194. The average molecular weight is 352 g/mol. The molecule has 0 aliphatic heterocycles. The molecule has 1 aromatic carbocycles. The lowest BCUT2D eigenvalue weighted by atomic mass is 10.0. The van der Waals surface area contributed by atoms with Crippen LogP contribution in [0.2, 0.25) is 0 Å². The average Bonchev–Trinajstić information content (AvgIpc) is 3.04. The van der Waals surface area contributed by atoms with Crippen molar-refractivity contribution in [1.29, 1.82) is 0 Å². The number of hydrogen-bond acceptors (Lipinski definition) is 3. The van der Waals surface area contributed by atoms with Crippen LogP contribution in [0.1, 0.15) is 35.5 Å². The predicted molar refractivity (Wildman–Crippen MR) is 97.5 cm³/mol. The number of halogens is 1. The van der Waals surface area contributed by atoms with E-state index in [-0.39, 0.29) is 11.7 Å². The molecule has 134 valence electrons. The van der Waals surface area contributed by atoms with Crippen molar-refractivity contribution < 1.29 is 9.18 Å². The second kappa shape index (κ2) is 7.91. The normalized spacial score (nSPS) is 10.9. The molecule has 0 radical (unpaired) electrons. The van der Waals surface area contributed by atoms with Crippen molar-refractivity contribution in [3.05, 3.63) is 77.6 Å². The molecule has 26 heavy (non-hydrogen) atoms. The zero-order chi connectivity index (χ0) is 18.5. The van der Waals surface area contributed by atoms with E-state index >= 15 is 0 Å². The van der Waals surface area contributed by atoms with Crippen LogP contribution in [0.5, 0.6) is 0 Å². The minimum atomic E-state index is -0.341. The molecular formula is C20H21FN4O. The lowest BCUT2D eigenvalue weighted by Crippen LogP contribution is -2.23. The van der Waals surface area contributed by atoms with Crippen LogP contribution in [0.3, 0.4) is 0 Å². The molecule has 0 aliphatic rings. The van der Waals surface area contributed by atoms with E-state index < -0.39 is 0 Å². The SMILES string of the molecule is CC(C)Cc1nn(-c2cccc(F)c2)cc1C(=O)NCc1ccncc1. The van der Waals surface area contributed by atoms with E-state index in [2.05, 4.69) is 29.2 Å². The third-order valence-electron chi connectivity index (χ3n) is 3.91. The standard InChI is InChI=1S/C20H21FN4O/c1-14(2)10-19-18(20(26)23-12-15-6-8-22-9-7-15)13-25(24-19)17-5-3-4-16(21)11-17/h3-9,11,13-14H,10,12H2,1-2H3,(H,23,26). The van der Waals surface area contributed by atoms with E-state index in [0.29, 0.717) is 35.8 Å². The van der Waals surface area contributed by atoms with Gasteiger partial charge in [-0.05, 0) is 48.2 Å². The second-order valence-corrected chi connectivity index (χ2v) is 6.55. The van der Waals surface area contributed by atoms with E-state index in [1.807, 2.05) is 12.1 Å². The zero-order valence-electron chi connectivity index (χ0n) is 14.8. The van der Waals surface area contributed by atoms with Gasteiger partial charge in [-0.1, -0.05) is 19.9 Å². The van der Waals surface area contributed by atoms with E-state index in [1.165, 1.54) is 12.1 Å². The van der Waals surface area contributed by atoms with Crippen LogP contribution in [0.4, 0.5) is 4.39 Å². The first-order chi connectivity index (χ1) is 12.5. The second-order valence-electron chi connectivity index (χ2n) is 6.55. The predicted octanol–water partition coefficient (Wildman–Crippen LogP) is 3.53. The summed E-state index contributed by atoms with van der Waals surface area (Å²) in [7, 11) is 0. The molecule has 1 N–H and O–H groups in total. The van der Waals surface area contributed by atoms with Gasteiger partial charge in [0, 0.05) is 25.1 Å². The fourth-order valence-corrected chi connectivity index (χ4v) is 2.67. The monoisotopic (exact) mass is 352 g/mol. The van der Waals surface area contributed by atoms with E-state index in [1.54, 1.807) is 35.4 Å². The summed E-state index contributed by atoms with van der Waals surface area (Å²) in [6.45, 7) is 4.55. The number of hydrogen-bond donors (Lipinski definition) is 1. The number of benzene rings is 1. The van der Waals surface area contributed by atoms with Gasteiger partial charge in [0.2, 0.25) is 0 Å². The fraction of sp³-hybridized carbons (Fsp3) is 0.250. The van der Waals surface area contributed by atoms with Gasteiger partial charge in [0.05, 0.1) is 16.9 Å². The summed E-state index contributed by atoms with van der Waals surface area (Å²) in [6.07, 6.45) is 5.70. The first-order valence-corrected chi connectivity index (χ1v) is 8.54. The Morgan fingerprint density at radius 1 is 1.23 bits per heavy atom. The van der Waals surface area contributed by atoms with Crippen LogP contribution in [-0.4, -0.2) is 20.7 Å². The van der Waals surface area contributed by atoms with Crippen molar-refractivity contribution in [3.63, 3.8) is 0 Å². The van der Waals surface area contributed by atoms with Crippen molar-refractivity contribution in [3.8, 4) is 5.69 Å². The number of nitrogens with zero attached hydrogens (tertiary/aromatic N) is 3. The van der Waals surface area contributed by atoms with Gasteiger partial charge in [0.15, 0.2) is 0 Å². The molecule has 2 aromatic heterocycles. The number of carbonyl (C=O) groups excluding carboxylic acids is 1. The summed E-state index contributed by atoms with van der Waals surface area (Å²) in [6, 6.07) is 9.86. The lowest BCUT2D eigenvalue weighted by molar-refractivity contribution is 0.0950. The maximum atomic E-state index is 13.5. The topological polar surface area (TPSA) is 59.8 Å². The Hall–Kier alpha value is -3.02. The molecule has 0 aliphatic carbocycles. The van der Waals surface area contributed by atoms with Gasteiger partial charge in [0.25, 0.3) is 5.91 Å². The summed E-state index contributed by atoms with van der Waals surface area (Å²) >= 11 is 0. The molecule has 6 heteroatoms. The van der Waals surface area contributed by atoms with Crippen molar-refractivity contribution in [2.75, 3.05) is 0 Å². The molecule has 1 amide bonds. The number of pyridine rings is 1. The third-order valence-corrected chi connectivity index (χ3v) is 3.91. The van der Waals surface area contributed by atoms with Crippen LogP contribution < -0.4 is 5.32 Å². The summed E-state index contributed by atoms with van der Waals surface area (Å²) in [4.78, 5) is 16.6. The van der Waals surface area contributed by atoms with Crippen LogP contribution >= 0.6 is 0 Å². The molecule has 3 aromatic rings. The zero-order valence-corrected chi connectivity index (χ0v) is 14.8. The van der Waals surface area contributed by atoms with Gasteiger partial charge in [-0.15, -0.1) is 0 Å². The van der Waals surface area contributed by atoms with E-state index in [0.717, 1.165) is 5.56 Å². The van der Waals surface area contributed by atoms with E-state index in [4.69, 9.17) is 0 Å². The molecule has 0 fully saturated rings. The Balaban J connectivity index is 1.85. The molecule has 0 saturated heterocycles. The fourth-order valence-electron chi connectivity index (χ4n) is 2.67. The lowest BCUT2D eigenvalue weighted by Gasteiger charge is -2.06. The van der Waals surface area contributed by atoms with Crippen LogP contribution in [0.25, 0.3) is 5.69 Å². The van der Waals surface area contributed by atoms with Gasteiger partial charge in [-0.2, -0.15) is 5.10 Å². The Morgan fingerprint density at radius 3 is 2.69 bits per heavy atom. The van der Waals surface area contributed by atoms with Crippen LogP contribution in [0.15, 0.2) is 55.0 Å². The highest BCUT2D eigenvalue weighted by Crippen LogP contribution is 2.17. The Kier molecular flexibility index (Phi) is 5.41. The number of rotatable bonds is 6. The van der Waals surface area contributed by atoms with E-state index in [9.17, 15) is 9.18 Å². The van der Waals surface area contributed by atoms with Gasteiger partial charge in [-0.3, -0.25) is 9.78 Å². The molecule has 0 bridgehead atoms. The number of nitrogens with one attached hydrogen (secondary N) is 1. The quantitative estimate of drug-likeness (QED) is 0.738. The van der Waals surface area contributed by atoms with Gasteiger partial charge in [-0.25, -0.2) is 9.07 Å². The van der Waals surface area contributed by atoms with Crippen molar-refractivity contribution in [2.24, 2.45) is 5.92 Å². The van der Waals surface area contributed by atoms with Crippen LogP contribution in [-0.2, 0) is 13.0 Å². The highest BCUT2D eigenvalue weighted by molar-refractivity contribution is 5.95. The molecule has 3 rings (SSSR count). The maximum Gasteiger partial charge on any atom is 0.255 e. The Morgan fingerprint density at radius 2 is 2.00 bits per heavy atom. The molecule has 2 heterocycles. The van der Waals surface area contributed by atoms with Gasteiger partial charge in [0.1, 0.15) is 5.82 Å². The van der Waals surface area contributed by atoms with Gasteiger partial charge >= 0.3 is 0 Å². The third kappa shape index (κ3) is 4.33. The number of carbonyl (C=O) groups is 1. The minimum Gasteiger partial charge on any atom is -0.348 e. The molecule has 0 atom stereocenters. The summed E-state index contributed by atoms with van der Waals surface area (Å²) in [5, 5.41) is 7.43. The Labute approximate surface area is 151 Å². The first-order valence-electron chi connectivity index (χ1n) is 8.54. The first kappa shape index (κ1) is 17.8. The molecule has 0 spiro atoms.